The van der Waals surface area contributed by atoms with Gasteiger partial charge in [-0.2, -0.15) is 0 Å². The highest BCUT2D eigenvalue weighted by Gasteiger charge is 2.14. The Bertz CT molecular complexity index is 481. The third kappa shape index (κ3) is 2.84. The van der Waals surface area contributed by atoms with E-state index in [-0.39, 0.29) is 5.41 Å². The summed E-state index contributed by atoms with van der Waals surface area (Å²) >= 11 is 0. The molecule has 1 aliphatic heterocycles. The van der Waals surface area contributed by atoms with E-state index in [2.05, 4.69) is 35.9 Å². The fourth-order valence-electron chi connectivity index (χ4n) is 1.46. The molecule has 0 unspecified atom stereocenters. The van der Waals surface area contributed by atoms with Crippen LogP contribution in [-0.2, 0) is 6.54 Å². The van der Waals surface area contributed by atoms with Crippen molar-refractivity contribution >= 4 is 12.1 Å². The molecule has 0 N–H and O–H groups in total. The van der Waals surface area contributed by atoms with E-state index in [1.165, 1.54) is 0 Å². The van der Waals surface area contributed by atoms with E-state index in [0.29, 0.717) is 5.84 Å². The van der Waals surface area contributed by atoms with Crippen LogP contribution < -0.4 is 4.68 Å². The summed E-state index contributed by atoms with van der Waals surface area (Å²) in [6.07, 6.45) is 9.49. The van der Waals surface area contributed by atoms with Gasteiger partial charge >= 0.3 is 0 Å². The van der Waals surface area contributed by atoms with Gasteiger partial charge in [-0.3, -0.25) is 0 Å². The Morgan fingerprint density at radius 3 is 2.82 bits per heavy atom. The highest BCUT2D eigenvalue weighted by Crippen LogP contribution is 2.16. The van der Waals surface area contributed by atoms with Crippen LogP contribution in [0.25, 0.3) is 0 Å². The molecule has 0 saturated carbocycles. The summed E-state index contributed by atoms with van der Waals surface area (Å²) in [5.74, 6) is 0.711. The summed E-state index contributed by atoms with van der Waals surface area (Å²) in [6.45, 7) is 7.11. The Balaban J connectivity index is 2.29. The highest BCUT2D eigenvalue weighted by atomic mass is 15.2. The molecule has 0 aromatic carbocycles. The fourth-order valence-corrected chi connectivity index (χ4v) is 1.46. The second-order valence-electron chi connectivity index (χ2n) is 4.62. The van der Waals surface area contributed by atoms with Crippen LogP contribution in [0.2, 0.25) is 0 Å². The van der Waals surface area contributed by atoms with Crippen LogP contribution in [0.4, 0.5) is 0 Å². The van der Waals surface area contributed by atoms with Gasteiger partial charge < -0.3 is 0 Å². The molecule has 0 fully saturated rings. The Hall–Kier alpha value is -1.84. The van der Waals surface area contributed by atoms with E-state index in [0.717, 1.165) is 12.1 Å². The average Bonchev–Trinajstić information content (AvgIpc) is 2.50. The van der Waals surface area contributed by atoms with E-state index in [4.69, 9.17) is 0 Å². The van der Waals surface area contributed by atoms with Gasteiger partial charge in [-0.15, -0.1) is 0 Å². The number of rotatable bonds is 2. The van der Waals surface area contributed by atoms with E-state index in [1.54, 1.807) is 6.20 Å². The Kier molecular flexibility index (Phi) is 3.13. The number of aliphatic imine (C=N–C) groups is 2. The smallest absolute Gasteiger partial charge is 0.197 e. The van der Waals surface area contributed by atoms with Crippen molar-refractivity contribution in [3.8, 4) is 0 Å². The molecule has 0 atom stereocenters. The minimum atomic E-state index is -0.0449. The lowest BCUT2D eigenvalue weighted by Crippen LogP contribution is -2.36. The fraction of sp³-hybridized carbons (Fsp3) is 0.385. The van der Waals surface area contributed by atoms with Crippen LogP contribution in [0, 0.1) is 5.41 Å². The molecule has 0 bridgehead atoms. The minimum absolute atomic E-state index is 0.0449. The van der Waals surface area contributed by atoms with Gasteiger partial charge in [-0.05, 0) is 12.0 Å². The molecule has 2 rings (SSSR count). The largest absolute Gasteiger partial charge is 0.240 e. The summed E-state index contributed by atoms with van der Waals surface area (Å²) in [7, 11) is 0. The Morgan fingerprint density at radius 2 is 2.18 bits per heavy atom. The van der Waals surface area contributed by atoms with Gasteiger partial charge in [-0.1, -0.05) is 24.6 Å². The predicted molar refractivity (Wildman–Crippen MR) is 68.1 cm³/mol. The highest BCUT2D eigenvalue weighted by molar-refractivity contribution is 6.04. The molecule has 4 nitrogen and oxygen atoms in total. The minimum Gasteiger partial charge on any atom is -0.240 e. The SMILES string of the molecule is CC[n+]1ccc(C2=NC=CC(C)(C)C=N2)cn1. The molecule has 0 aliphatic carbocycles. The lowest BCUT2D eigenvalue weighted by Gasteiger charge is -2.10. The van der Waals surface area contributed by atoms with Gasteiger partial charge in [0.15, 0.2) is 18.6 Å². The van der Waals surface area contributed by atoms with Crippen molar-refractivity contribution in [2.24, 2.45) is 15.4 Å². The molecule has 0 radical (unpaired) electrons. The first kappa shape index (κ1) is 11.6. The number of hydrogen-bond donors (Lipinski definition) is 0. The number of allylic oxidation sites excluding steroid dienone is 1. The van der Waals surface area contributed by atoms with Gasteiger partial charge in [0.2, 0.25) is 0 Å². The molecular weight excluding hydrogens is 212 g/mol. The number of hydrogen-bond acceptors (Lipinski definition) is 3. The third-order valence-electron chi connectivity index (χ3n) is 2.57. The molecule has 1 aliphatic rings. The topological polar surface area (TPSA) is 41.5 Å². The molecule has 17 heavy (non-hydrogen) atoms. The zero-order valence-corrected chi connectivity index (χ0v) is 10.5. The van der Waals surface area contributed by atoms with Crippen LogP contribution in [0.3, 0.4) is 0 Å². The van der Waals surface area contributed by atoms with Gasteiger partial charge in [0.25, 0.3) is 0 Å². The molecule has 4 heteroatoms. The molecule has 2 heterocycles. The Labute approximate surface area is 101 Å². The third-order valence-corrected chi connectivity index (χ3v) is 2.57. The van der Waals surface area contributed by atoms with Crippen molar-refractivity contribution in [1.29, 1.82) is 0 Å². The van der Waals surface area contributed by atoms with Crippen molar-refractivity contribution in [2.75, 3.05) is 0 Å². The first-order valence-electron chi connectivity index (χ1n) is 5.77. The number of nitrogens with zero attached hydrogens (tertiary/aromatic N) is 4. The number of aryl methyl sites for hydroxylation is 1. The second kappa shape index (κ2) is 4.57. The van der Waals surface area contributed by atoms with Crippen molar-refractivity contribution in [2.45, 2.75) is 27.3 Å². The van der Waals surface area contributed by atoms with E-state index >= 15 is 0 Å². The van der Waals surface area contributed by atoms with Crippen LogP contribution in [-0.4, -0.2) is 17.1 Å². The standard InChI is InChI=1S/C13H17N4/c1-4-17-8-5-11(9-16-17)12-14-7-6-13(2,3)10-15-12/h5-10H,4H2,1-3H3/q+1. The van der Waals surface area contributed by atoms with Crippen molar-refractivity contribution in [3.63, 3.8) is 0 Å². The monoisotopic (exact) mass is 229 g/mol. The first-order chi connectivity index (χ1) is 8.11. The molecule has 0 amide bonds. The molecule has 88 valence electrons. The van der Waals surface area contributed by atoms with Gasteiger partial charge in [-0.25, -0.2) is 9.98 Å². The quantitative estimate of drug-likeness (QED) is 0.712. The zero-order valence-electron chi connectivity index (χ0n) is 10.5. The predicted octanol–water partition coefficient (Wildman–Crippen LogP) is 1.76. The Morgan fingerprint density at radius 1 is 1.35 bits per heavy atom. The van der Waals surface area contributed by atoms with Crippen LogP contribution in [0.15, 0.2) is 40.7 Å². The van der Waals surface area contributed by atoms with E-state index in [1.807, 2.05) is 35.4 Å². The van der Waals surface area contributed by atoms with E-state index < -0.39 is 0 Å². The number of aromatic nitrogens is 2. The summed E-state index contributed by atoms with van der Waals surface area (Å²) in [4.78, 5) is 8.75. The summed E-state index contributed by atoms with van der Waals surface area (Å²) in [6, 6.07) is 1.98. The van der Waals surface area contributed by atoms with Crippen molar-refractivity contribution in [1.82, 2.24) is 5.10 Å². The van der Waals surface area contributed by atoms with Gasteiger partial charge in [0, 0.05) is 29.5 Å². The maximum Gasteiger partial charge on any atom is 0.197 e. The van der Waals surface area contributed by atoms with Crippen LogP contribution in [0.1, 0.15) is 26.3 Å². The molecule has 1 aromatic rings. The van der Waals surface area contributed by atoms with Crippen molar-refractivity contribution < 1.29 is 4.68 Å². The summed E-state index contributed by atoms with van der Waals surface area (Å²) < 4.78 is 1.87. The average molecular weight is 229 g/mol. The van der Waals surface area contributed by atoms with Crippen LogP contribution in [0.5, 0.6) is 0 Å². The first-order valence-corrected chi connectivity index (χ1v) is 5.77. The lowest BCUT2D eigenvalue weighted by atomic mass is 9.96. The molecule has 0 spiro atoms. The molecule has 0 saturated heterocycles. The number of amidine groups is 1. The van der Waals surface area contributed by atoms with Crippen molar-refractivity contribution in [3.05, 3.63) is 36.3 Å². The van der Waals surface area contributed by atoms with E-state index in [9.17, 15) is 0 Å². The second-order valence-corrected chi connectivity index (χ2v) is 4.62. The summed E-state index contributed by atoms with van der Waals surface area (Å²) in [5.41, 5.74) is 0.893. The lowest BCUT2D eigenvalue weighted by molar-refractivity contribution is -0.751. The summed E-state index contributed by atoms with van der Waals surface area (Å²) in [5, 5.41) is 4.28. The maximum absolute atomic E-state index is 4.41. The van der Waals surface area contributed by atoms with Gasteiger partial charge in [0.1, 0.15) is 6.20 Å². The molecular formula is C13H17N4+. The zero-order chi connectivity index (χ0) is 12.3. The van der Waals surface area contributed by atoms with Crippen LogP contribution >= 0.6 is 0 Å². The normalized spacial score (nSPS) is 17.7. The maximum atomic E-state index is 4.41. The van der Waals surface area contributed by atoms with Gasteiger partial charge in [0.05, 0.1) is 0 Å². The molecule has 1 aromatic heterocycles.